The van der Waals surface area contributed by atoms with Gasteiger partial charge >= 0.3 is 0 Å². The lowest BCUT2D eigenvalue weighted by atomic mass is 10.2. The number of aromatic nitrogens is 2. The quantitative estimate of drug-likeness (QED) is 0.780. The molecular formula is C16H19Cl2N3. The maximum atomic E-state index is 6.38. The van der Waals surface area contributed by atoms with Gasteiger partial charge in [0.25, 0.3) is 0 Å². The number of alkyl halides is 1. The average molecular weight is 324 g/mol. The highest BCUT2D eigenvalue weighted by atomic mass is 35.5. The number of hydrogen-bond donors (Lipinski definition) is 0. The fraction of sp³-hybridized carbons (Fsp3) is 0.562. The Morgan fingerprint density at radius 3 is 2.76 bits per heavy atom. The maximum absolute atomic E-state index is 6.38. The third-order valence-electron chi connectivity index (χ3n) is 4.66. The van der Waals surface area contributed by atoms with Crippen LogP contribution in [-0.2, 0) is 0 Å². The molecule has 1 aromatic heterocycles. The van der Waals surface area contributed by atoms with Crippen LogP contribution in [-0.4, -0.2) is 33.6 Å². The summed E-state index contributed by atoms with van der Waals surface area (Å²) in [4.78, 5) is 7.35. The number of rotatable bonds is 3. The number of fused-ring (bicyclic) bond motifs is 1. The Kier molecular flexibility index (Phi) is 3.40. The molecule has 1 aliphatic carbocycles. The van der Waals surface area contributed by atoms with Gasteiger partial charge in [0.05, 0.1) is 16.4 Å². The van der Waals surface area contributed by atoms with Gasteiger partial charge in [-0.2, -0.15) is 0 Å². The maximum Gasteiger partial charge on any atom is 0.128 e. The fourth-order valence-electron chi connectivity index (χ4n) is 3.50. The van der Waals surface area contributed by atoms with E-state index in [1.54, 1.807) is 0 Å². The molecular weight excluding hydrogens is 305 g/mol. The third-order valence-corrected chi connectivity index (χ3v) is 5.09. The van der Waals surface area contributed by atoms with Crippen LogP contribution in [0.5, 0.6) is 0 Å². The number of benzene rings is 1. The minimum Gasteiger partial charge on any atom is -0.322 e. The van der Waals surface area contributed by atoms with Crippen LogP contribution in [0.4, 0.5) is 0 Å². The highest BCUT2D eigenvalue weighted by molar-refractivity contribution is 6.31. The summed E-state index contributed by atoms with van der Waals surface area (Å²) in [7, 11) is 0. The van der Waals surface area contributed by atoms with Gasteiger partial charge in [0.15, 0.2) is 0 Å². The molecule has 0 radical (unpaired) electrons. The largest absolute Gasteiger partial charge is 0.322 e. The highest BCUT2D eigenvalue weighted by Crippen LogP contribution is 2.37. The lowest BCUT2D eigenvalue weighted by molar-refractivity contribution is 0.313. The Hall–Kier alpha value is -0.770. The van der Waals surface area contributed by atoms with E-state index in [0.717, 1.165) is 34.5 Å². The summed E-state index contributed by atoms with van der Waals surface area (Å²) < 4.78 is 2.33. The first kappa shape index (κ1) is 13.9. The van der Waals surface area contributed by atoms with Crippen molar-refractivity contribution in [1.29, 1.82) is 0 Å². The molecule has 2 aliphatic rings. The normalized spacial score (nSPS) is 24.8. The molecule has 1 saturated carbocycles. The summed E-state index contributed by atoms with van der Waals surface area (Å²) in [5.41, 5.74) is 2.11. The van der Waals surface area contributed by atoms with Gasteiger partial charge in [-0.3, -0.25) is 4.90 Å². The number of nitrogens with zero attached hydrogens (tertiary/aromatic N) is 3. The molecule has 1 aromatic carbocycles. The minimum absolute atomic E-state index is 0.0915. The first-order chi connectivity index (χ1) is 10.1. The lowest BCUT2D eigenvalue weighted by Crippen LogP contribution is -2.24. The van der Waals surface area contributed by atoms with E-state index in [9.17, 15) is 0 Å². The van der Waals surface area contributed by atoms with E-state index >= 15 is 0 Å². The van der Waals surface area contributed by atoms with E-state index < -0.39 is 0 Å². The van der Waals surface area contributed by atoms with Gasteiger partial charge in [0.2, 0.25) is 0 Å². The van der Waals surface area contributed by atoms with Crippen LogP contribution in [0.15, 0.2) is 18.2 Å². The molecule has 2 fully saturated rings. The van der Waals surface area contributed by atoms with E-state index in [1.807, 2.05) is 25.1 Å². The number of imidazole rings is 1. The Labute approximate surface area is 134 Å². The van der Waals surface area contributed by atoms with Gasteiger partial charge < -0.3 is 4.57 Å². The second-order valence-corrected chi connectivity index (χ2v) is 7.35. The topological polar surface area (TPSA) is 21.1 Å². The Morgan fingerprint density at radius 1 is 1.24 bits per heavy atom. The van der Waals surface area contributed by atoms with E-state index in [4.69, 9.17) is 28.2 Å². The predicted octanol–water partition coefficient (Wildman–Crippen LogP) is 4.40. The van der Waals surface area contributed by atoms with Crippen LogP contribution >= 0.6 is 23.2 Å². The highest BCUT2D eigenvalue weighted by Gasteiger charge is 2.36. The van der Waals surface area contributed by atoms with Crippen LogP contribution in [0.2, 0.25) is 5.02 Å². The average Bonchev–Trinajstić information content (AvgIpc) is 3.06. The Balaban J connectivity index is 1.78. The van der Waals surface area contributed by atoms with E-state index in [2.05, 4.69) is 9.47 Å². The molecule has 5 heteroatoms. The molecule has 2 atom stereocenters. The van der Waals surface area contributed by atoms with Crippen molar-refractivity contribution < 1.29 is 0 Å². The van der Waals surface area contributed by atoms with Gasteiger partial charge in [-0.15, -0.1) is 11.6 Å². The van der Waals surface area contributed by atoms with Crippen molar-refractivity contribution in [2.24, 2.45) is 0 Å². The summed E-state index contributed by atoms with van der Waals surface area (Å²) in [5.74, 6) is 0.969. The molecule has 2 aromatic rings. The van der Waals surface area contributed by atoms with Crippen LogP contribution < -0.4 is 0 Å². The summed E-state index contributed by atoms with van der Waals surface area (Å²) >= 11 is 12.6. The van der Waals surface area contributed by atoms with Crippen molar-refractivity contribution in [3.63, 3.8) is 0 Å². The van der Waals surface area contributed by atoms with Crippen molar-refractivity contribution >= 4 is 34.2 Å². The van der Waals surface area contributed by atoms with Crippen LogP contribution in [0.1, 0.15) is 43.4 Å². The van der Waals surface area contributed by atoms with Crippen molar-refractivity contribution in [1.82, 2.24) is 14.5 Å². The van der Waals surface area contributed by atoms with Crippen molar-refractivity contribution in [3.8, 4) is 0 Å². The lowest BCUT2D eigenvalue weighted by Gasteiger charge is -2.19. The van der Waals surface area contributed by atoms with Gasteiger partial charge in [0.1, 0.15) is 5.82 Å². The smallest absolute Gasteiger partial charge is 0.128 e. The summed E-state index contributed by atoms with van der Waals surface area (Å²) in [6.07, 6.45) is 3.90. The molecule has 0 spiro atoms. The third kappa shape index (κ3) is 2.45. The molecule has 1 aliphatic heterocycles. The van der Waals surface area contributed by atoms with E-state index in [-0.39, 0.29) is 5.38 Å². The Bertz CT molecular complexity index is 675. The van der Waals surface area contributed by atoms with Crippen molar-refractivity contribution in [2.45, 2.75) is 43.6 Å². The van der Waals surface area contributed by atoms with Crippen molar-refractivity contribution in [3.05, 3.63) is 29.0 Å². The van der Waals surface area contributed by atoms with Gasteiger partial charge in [-0.25, -0.2) is 4.98 Å². The molecule has 1 saturated heterocycles. The van der Waals surface area contributed by atoms with Crippen molar-refractivity contribution in [2.75, 3.05) is 13.1 Å². The Morgan fingerprint density at radius 2 is 2.05 bits per heavy atom. The number of hydrogen-bond acceptors (Lipinski definition) is 2. The second-order valence-electron chi connectivity index (χ2n) is 6.26. The van der Waals surface area contributed by atoms with Gasteiger partial charge in [0, 0.05) is 30.2 Å². The van der Waals surface area contributed by atoms with Gasteiger partial charge in [-0.05, 0) is 44.4 Å². The SMILES string of the molecule is CC(Cl)c1nc2ccc(Cl)cc2n1C1CCN(C2CC2)C1. The molecule has 2 heterocycles. The molecule has 21 heavy (non-hydrogen) atoms. The summed E-state index contributed by atoms with van der Waals surface area (Å²) in [5, 5.41) is 0.667. The zero-order chi connectivity index (χ0) is 14.6. The van der Waals surface area contributed by atoms with Crippen LogP contribution in [0, 0.1) is 0 Å². The monoisotopic (exact) mass is 323 g/mol. The zero-order valence-electron chi connectivity index (χ0n) is 12.1. The first-order valence-electron chi connectivity index (χ1n) is 7.69. The summed E-state index contributed by atoms with van der Waals surface area (Å²) in [6, 6.07) is 7.20. The fourth-order valence-corrected chi connectivity index (χ4v) is 3.82. The van der Waals surface area contributed by atoms with Gasteiger partial charge in [-0.1, -0.05) is 11.6 Å². The molecule has 4 rings (SSSR count). The number of halogens is 2. The molecule has 0 amide bonds. The standard InChI is InChI=1S/C16H19Cl2N3/c1-10(17)16-19-14-5-2-11(18)8-15(14)21(16)13-6-7-20(9-13)12-3-4-12/h2,5,8,10,12-13H,3-4,6-7,9H2,1H3. The second kappa shape index (κ2) is 5.15. The molecule has 112 valence electrons. The van der Waals surface area contributed by atoms with Crippen LogP contribution in [0.25, 0.3) is 11.0 Å². The van der Waals surface area contributed by atoms with E-state index in [1.165, 1.54) is 25.8 Å². The molecule has 0 bridgehead atoms. The molecule has 3 nitrogen and oxygen atoms in total. The minimum atomic E-state index is -0.0915. The first-order valence-corrected chi connectivity index (χ1v) is 8.50. The zero-order valence-corrected chi connectivity index (χ0v) is 13.6. The number of likely N-dealkylation sites (tertiary alicyclic amines) is 1. The molecule has 0 N–H and O–H groups in total. The summed E-state index contributed by atoms with van der Waals surface area (Å²) in [6.45, 7) is 4.29. The molecule has 2 unspecified atom stereocenters. The van der Waals surface area contributed by atoms with Crippen LogP contribution in [0.3, 0.4) is 0 Å². The van der Waals surface area contributed by atoms with E-state index in [0.29, 0.717) is 6.04 Å². The predicted molar refractivity (Wildman–Crippen MR) is 87.3 cm³/mol.